The molecule has 0 radical (unpaired) electrons. The van der Waals surface area contributed by atoms with E-state index >= 15 is 0 Å². The van der Waals surface area contributed by atoms with Crippen LogP contribution in [-0.4, -0.2) is 16.0 Å². The predicted molar refractivity (Wildman–Crippen MR) is 61.8 cm³/mol. The first-order chi connectivity index (χ1) is 7.28. The zero-order chi connectivity index (χ0) is 10.7. The summed E-state index contributed by atoms with van der Waals surface area (Å²) >= 11 is 0. The molecule has 1 aromatic heterocycles. The highest BCUT2D eigenvalue weighted by Crippen LogP contribution is 2.32. The van der Waals surface area contributed by atoms with E-state index in [4.69, 9.17) is 0 Å². The smallest absolute Gasteiger partial charge is 0.129 e. The van der Waals surface area contributed by atoms with Crippen molar-refractivity contribution in [2.24, 2.45) is 5.92 Å². The first kappa shape index (κ1) is 10.4. The van der Waals surface area contributed by atoms with Gasteiger partial charge < -0.3 is 5.32 Å². The second kappa shape index (κ2) is 4.60. The summed E-state index contributed by atoms with van der Waals surface area (Å²) in [5.74, 6) is 1.85. The summed E-state index contributed by atoms with van der Waals surface area (Å²) < 4.78 is 0. The molecule has 1 saturated carbocycles. The van der Waals surface area contributed by atoms with Gasteiger partial charge in [0, 0.05) is 17.8 Å². The van der Waals surface area contributed by atoms with Crippen molar-refractivity contribution < 1.29 is 0 Å². The van der Waals surface area contributed by atoms with Gasteiger partial charge in [-0.25, -0.2) is 9.97 Å². The third kappa shape index (κ3) is 3.18. The summed E-state index contributed by atoms with van der Waals surface area (Å²) in [6.45, 7) is 4.34. The van der Waals surface area contributed by atoms with Gasteiger partial charge in [-0.1, -0.05) is 6.92 Å². The van der Waals surface area contributed by atoms with Crippen LogP contribution in [0.2, 0.25) is 0 Å². The summed E-state index contributed by atoms with van der Waals surface area (Å²) in [5.41, 5.74) is 1.18. The van der Waals surface area contributed by atoms with Gasteiger partial charge in [0.1, 0.15) is 12.1 Å². The van der Waals surface area contributed by atoms with Crippen LogP contribution in [0, 0.1) is 5.92 Å². The van der Waals surface area contributed by atoms with E-state index in [9.17, 15) is 0 Å². The van der Waals surface area contributed by atoms with Crippen LogP contribution in [0.3, 0.4) is 0 Å². The van der Waals surface area contributed by atoms with Crippen LogP contribution in [0.4, 0.5) is 5.82 Å². The fourth-order valence-corrected chi connectivity index (χ4v) is 1.56. The Labute approximate surface area is 91.3 Å². The maximum atomic E-state index is 4.30. The molecule has 1 fully saturated rings. The number of nitrogens with zero attached hydrogens (tertiary/aromatic N) is 2. The molecule has 0 aromatic carbocycles. The summed E-state index contributed by atoms with van der Waals surface area (Å²) in [7, 11) is 0. The topological polar surface area (TPSA) is 37.8 Å². The van der Waals surface area contributed by atoms with Crippen molar-refractivity contribution in [2.45, 2.75) is 45.6 Å². The second-order valence-corrected chi connectivity index (χ2v) is 4.50. The number of nitrogens with one attached hydrogen (secondary N) is 1. The highest BCUT2D eigenvalue weighted by Gasteiger charge is 2.22. The quantitative estimate of drug-likeness (QED) is 0.803. The molecule has 0 amide bonds. The molecule has 15 heavy (non-hydrogen) atoms. The van der Waals surface area contributed by atoms with Crippen LogP contribution < -0.4 is 5.32 Å². The molecule has 0 bridgehead atoms. The fourth-order valence-electron chi connectivity index (χ4n) is 1.56. The lowest BCUT2D eigenvalue weighted by Gasteiger charge is -2.12. The maximum Gasteiger partial charge on any atom is 0.129 e. The minimum absolute atomic E-state index is 0.480. The van der Waals surface area contributed by atoms with Crippen LogP contribution >= 0.6 is 0 Å². The van der Waals surface area contributed by atoms with Crippen LogP contribution in [0.5, 0.6) is 0 Å². The first-order valence-electron chi connectivity index (χ1n) is 5.85. The molecule has 0 saturated heterocycles. The Morgan fingerprint density at radius 3 is 2.93 bits per heavy atom. The molecule has 1 N–H and O–H groups in total. The molecule has 1 aromatic rings. The van der Waals surface area contributed by atoms with Crippen LogP contribution in [0.25, 0.3) is 0 Å². The molecule has 2 rings (SSSR count). The van der Waals surface area contributed by atoms with Gasteiger partial charge in [0.2, 0.25) is 0 Å². The van der Waals surface area contributed by atoms with E-state index in [0.717, 1.165) is 24.6 Å². The molecule has 1 unspecified atom stereocenters. The third-order valence-corrected chi connectivity index (χ3v) is 2.93. The number of anilines is 1. The van der Waals surface area contributed by atoms with E-state index in [-0.39, 0.29) is 0 Å². The van der Waals surface area contributed by atoms with E-state index in [1.807, 2.05) is 0 Å². The van der Waals surface area contributed by atoms with Gasteiger partial charge in [-0.05, 0) is 38.5 Å². The molecule has 3 heteroatoms. The van der Waals surface area contributed by atoms with Crippen molar-refractivity contribution in [1.29, 1.82) is 0 Å². The predicted octanol–water partition coefficient (Wildman–Crippen LogP) is 2.64. The molecule has 0 spiro atoms. The van der Waals surface area contributed by atoms with Crippen molar-refractivity contribution in [1.82, 2.24) is 9.97 Å². The van der Waals surface area contributed by atoms with Gasteiger partial charge in [0.15, 0.2) is 0 Å². The lowest BCUT2D eigenvalue weighted by molar-refractivity contribution is 0.753. The number of aromatic nitrogens is 2. The summed E-state index contributed by atoms with van der Waals surface area (Å²) in [6, 6.07) is 2.57. The van der Waals surface area contributed by atoms with Gasteiger partial charge >= 0.3 is 0 Å². The van der Waals surface area contributed by atoms with E-state index in [0.29, 0.717) is 6.04 Å². The average Bonchev–Trinajstić information content (AvgIpc) is 3.02. The molecule has 0 aliphatic heterocycles. The maximum absolute atomic E-state index is 4.30. The van der Waals surface area contributed by atoms with Crippen molar-refractivity contribution in [3.05, 3.63) is 18.1 Å². The minimum atomic E-state index is 0.480. The zero-order valence-corrected chi connectivity index (χ0v) is 9.53. The molecule has 1 aliphatic rings. The summed E-state index contributed by atoms with van der Waals surface area (Å²) in [6.07, 6.45) is 6.65. The molecule has 1 aliphatic carbocycles. The monoisotopic (exact) mass is 205 g/mol. The Balaban J connectivity index is 1.97. The third-order valence-electron chi connectivity index (χ3n) is 2.93. The van der Waals surface area contributed by atoms with Crippen molar-refractivity contribution in [2.75, 3.05) is 5.32 Å². The Hall–Kier alpha value is -1.12. The van der Waals surface area contributed by atoms with Crippen molar-refractivity contribution in [3.8, 4) is 0 Å². The average molecular weight is 205 g/mol. The Bertz CT molecular complexity index is 320. The normalized spacial score (nSPS) is 17.5. The van der Waals surface area contributed by atoms with Gasteiger partial charge in [-0.2, -0.15) is 0 Å². The second-order valence-electron chi connectivity index (χ2n) is 4.50. The minimum Gasteiger partial charge on any atom is -0.368 e. The Morgan fingerprint density at radius 2 is 2.27 bits per heavy atom. The molecular weight excluding hydrogens is 186 g/mol. The Kier molecular flexibility index (Phi) is 3.19. The van der Waals surface area contributed by atoms with Crippen molar-refractivity contribution >= 4 is 5.82 Å². The first-order valence-corrected chi connectivity index (χ1v) is 5.85. The molecule has 1 heterocycles. The van der Waals surface area contributed by atoms with E-state index in [1.165, 1.54) is 18.5 Å². The van der Waals surface area contributed by atoms with Crippen LogP contribution in [0.15, 0.2) is 12.4 Å². The van der Waals surface area contributed by atoms with Gasteiger partial charge in [-0.3, -0.25) is 0 Å². The SMILES string of the molecule is CCC(C)Nc1cc(CC2CC2)ncn1. The number of hydrogen-bond acceptors (Lipinski definition) is 3. The highest BCUT2D eigenvalue weighted by atomic mass is 15.0. The van der Waals surface area contributed by atoms with E-state index in [2.05, 4.69) is 35.2 Å². The van der Waals surface area contributed by atoms with Crippen LogP contribution in [-0.2, 0) is 6.42 Å². The fraction of sp³-hybridized carbons (Fsp3) is 0.667. The van der Waals surface area contributed by atoms with Gasteiger partial charge in [0.25, 0.3) is 0 Å². The van der Waals surface area contributed by atoms with Crippen LogP contribution in [0.1, 0.15) is 38.8 Å². The highest BCUT2D eigenvalue weighted by molar-refractivity contribution is 5.35. The molecule has 3 nitrogen and oxygen atoms in total. The molecule has 82 valence electrons. The standard InChI is InChI=1S/C12H19N3/c1-3-9(2)15-12-7-11(13-8-14-12)6-10-4-5-10/h7-10H,3-6H2,1-2H3,(H,13,14,15). The zero-order valence-electron chi connectivity index (χ0n) is 9.53. The summed E-state index contributed by atoms with van der Waals surface area (Å²) in [4.78, 5) is 8.53. The van der Waals surface area contributed by atoms with E-state index in [1.54, 1.807) is 6.33 Å². The lowest BCUT2D eigenvalue weighted by atomic mass is 10.2. The number of rotatable bonds is 5. The largest absolute Gasteiger partial charge is 0.368 e. The van der Waals surface area contributed by atoms with Crippen molar-refractivity contribution in [3.63, 3.8) is 0 Å². The molecule has 1 atom stereocenters. The number of hydrogen-bond donors (Lipinski definition) is 1. The van der Waals surface area contributed by atoms with Gasteiger partial charge in [-0.15, -0.1) is 0 Å². The van der Waals surface area contributed by atoms with Gasteiger partial charge in [0.05, 0.1) is 0 Å². The Morgan fingerprint density at radius 1 is 1.47 bits per heavy atom. The molecular formula is C12H19N3. The summed E-state index contributed by atoms with van der Waals surface area (Å²) in [5, 5.41) is 3.37. The van der Waals surface area contributed by atoms with E-state index < -0.39 is 0 Å². The lowest BCUT2D eigenvalue weighted by Crippen LogP contribution is -2.14.